The Morgan fingerprint density at radius 2 is 1.95 bits per heavy atom. The molecule has 1 N–H and O–H groups in total. The van der Waals surface area contributed by atoms with Gasteiger partial charge in [0.05, 0.1) is 5.69 Å². The van der Waals surface area contributed by atoms with Crippen LogP contribution in [0.4, 0.5) is 5.82 Å². The number of nitrogens with one attached hydrogen (secondary N) is 1. The molecule has 0 aliphatic carbocycles. The summed E-state index contributed by atoms with van der Waals surface area (Å²) in [6.45, 7) is 12.4. The molecule has 110 valence electrons. The van der Waals surface area contributed by atoms with E-state index in [-0.39, 0.29) is 0 Å². The van der Waals surface area contributed by atoms with Crippen LogP contribution in [0, 0.1) is 12.8 Å². The fourth-order valence-electron chi connectivity index (χ4n) is 2.26. The first-order valence-electron chi connectivity index (χ1n) is 7.54. The minimum Gasteiger partial charge on any atom is -0.368 e. The lowest BCUT2D eigenvalue weighted by molar-refractivity contribution is 0.669. The Balaban J connectivity index is 2.54. The van der Waals surface area contributed by atoms with E-state index in [0.717, 1.165) is 54.3 Å². The zero-order valence-electron chi connectivity index (χ0n) is 13.2. The first-order valence-corrected chi connectivity index (χ1v) is 7.54. The summed E-state index contributed by atoms with van der Waals surface area (Å²) in [7, 11) is 0. The molecule has 0 amide bonds. The zero-order valence-corrected chi connectivity index (χ0v) is 13.2. The van der Waals surface area contributed by atoms with Crippen LogP contribution in [-0.4, -0.2) is 26.3 Å². The van der Waals surface area contributed by atoms with E-state index in [1.165, 1.54) is 0 Å². The molecule has 20 heavy (non-hydrogen) atoms. The molecular weight excluding hydrogens is 250 g/mol. The van der Waals surface area contributed by atoms with Crippen molar-refractivity contribution in [2.45, 2.75) is 54.0 Å². The summed E-state index contributed by atoms with van der Waals surface area (Å²) in [4.78, 5) is 9.39. The minimum atomic E-state index is 0.578. The smallest absolute Gasteiger partial charge is 0.156 e. The molecule has 2 aromatic rings. The van der Waals surface area contributed by atoms with Crippen molar-refractivity contribution in [3.63, 3.8) is 0 Å². The third kappa shape index (κ3) is 2.92. The van der Waals surface area contributed by atoms with E-state index < -0.39 is 0 Å². The Morgan fingerprint density at radius 1 is 1.20 bits per heavy atom. The van der Waals surface area contributed by atoms with Crippen molar-refractivity contribution in [1.82, 2.24) is 19.7 Å². The zero-order chi connectivity index (χ0) is 14.7. The second kappa shape index (κ2) is 6.20. The van der Waals surface area contributed by atoms with Crippen molar-refractivity contribution in [3.8, 4) is 0 Å². The van der Waals surface area contributed by atoms with Crippen molar-refractivity contribution < 1.29 is 0 Å². The normalized spacial score (nSPS) is 11.5. The summed E-state index contributed by atoms with van der Waals surface area (Å²) in [6, 6.07) is 0. The van der Waals surface area contributed by atoms with Crippen LogP contribution in [0.3, 0.4) is 0 Å². The van der Waals surface area contributed by atoms with Gasteiger partial charge in [-0.25, -0.2) is 9.97 Å². The highest BCUT2D eigenvalue weighted by molar-refractivity contribution is 5.87. The number of nitrogens with zero attached hydrogens (tertiary/aromatic N) is 4. The third-order valence-electron chi connectivity index (χ3n) is 3.25. The van der Waals surface area contributed by atoms with E-state index in [2.05, 4.69) is 43.1 Å². The first-order chi connectivity index (χ1) is 9.56. The van der Waals surface area contributed by atoms with Gasteiger partial charge in [-0.3, -0.25) is 4.68 Å². The molecule has 0 aliphatic rings. The van der Waals surface area contributed by atoms with E-state index >= 15 is 0 Å². The standard InChI is InChI=1S/C15H25N5/c1-6-8-12-17-13-11(5)19-20(7-2)14(13)15(18-12)16-9-10(3)4/h10H,6-9H2,1-5H3,(H,16,17,18). The second-order valence-electron chi connectivity index (χ2n) is 5.61. The molecule has 0 atom stereocenters. The molecule has 5 nitrogen and oxygen atoms in total. The molecule has 0 aliphatic heterocycles. The van der Waals surface area contributed by atoms with E-state index in [9.17, 15) is 0 Å². The van der Waals surface area contributed by atoms with Crippen molar-refractivity contribution in [3.05, 3.63) is 11.5 Å². The summed E-state index contributed by atoms with van der Waals surface area (Å²) in [5.74, 6) is 2.41. The van der Waals surface area contributed by atoms with Crippen LogP contribution < -0.4 is 5.32 Å². The largest absolute Gasteiger partial charge is 0.368 e. The molecule has 2 heterocycles. The average Bonchev–Trinajstić information content (AvgIpc) is 2.73. The number of aromatic nitrogens is 4. The average molecular weight is 275 g/mol. The van der Waals surface area contributed by atoms with Gasteiger partial charge in [0.2, 0.25) is 0 Å². The van der Waals surface area contributed by atoms with Gasteiger partial charge in [-0.2, -0.15) is 5.10 Å². The van der Waals surface area contributed by atoms with E-state index in [1.54, 1.807) is 0 Å². The topological polar surface area (TPSA) is 55.6 Å². The number of aryl methyl sites for hydroxylation is 3. The molecular formula is C15H25N5. The molecule has 0 unspecified atom stereocenters. The van der Waals surface area contributed by atoms with Crippen LogP contribution in [0.15, 0.2) is 0 Å². The molecule has 0 saturated carbocycles. The highest BCUT2D eigenvalue weighted by Gasteiger charge is 2.15. The molecule has 0 radical (unpaired) electrons. The fraction of sp³-hybridized carbons (Fsp3) is 0.667. The highest BCUT2D eigenvalue weighted by Crippen LogP contribution is 2.24. The predicted octanol–water partition coefficient (Wildman–Crippen LogP) is 3.18. The number of anilines is 1. The maximum Gasteiger partial charge on any atom is 0.156 e. The molecule has 0 aromatic carbocycles. The molecule has 5 heteroatoms. The van der Waals surface area contributed by atoms with Gasteiger partial charge in [0.15, 0.2) is 5.82 Å². The first kappa shape index (κ1) is 14.8. The van der Waals surface area contributed by atoms with Gasteiger partial charge in [-0.15, -0.1) is 0 Å². The highest BCUT2D eigenvalue weighted by atomic mass is 15.3. The second-order valence-corrected chi connectivity index (χ2v) is 5.61. The number of hydrogen-bond donors (Lipinski definition) is 1. The summed E-state index contributed by atoms with van der Waals surface area (Å²) in [5.41, 5.74) is 3.00. The van der Waals surface area contributed by atoms with Gasteiger partial charge in [-0.1, -0.05) is 20.8 Å². The Hall–Kier alpha value is -1.65. The molecule has 0 fully saturated rings. The van der Waals surface area contributed by atoms with Crippen LogP contribution in [-0.2, 0) is 13.0 Å². The van der Waals surface area contributed by atoms with Gasteiger partial charge in [0.1, 0.15) is 16.9 Å². The van der Waals surface area contributed by atoms with Gasteiger partial charge >= 0.3 is 0 Å². The fourth-order valence-corrected chi connectivity index (χ4v) is 2.26. The van der Waals surface area contributed by atoms with E-state index in [4.69, 9.17) is 4.98 Å². The van der Waals surface area contributed by atoms with Gasteiger partial charge in [0, 0.05) is 19.5 Å². The summed E-state index contributed by atoms with van der Waals surface area (Å²) in [5, 5.41) is 8.03. The molecule has 2 rings (SSSR count). The minimum absolute atomic E-state index is 0.578. The van der Waals surface area contributed by atoms with Gasteiger partial charge in [-0.05, 0) is 26.2 Å². The predicted molar refractivity (Wildman–Crippen MR) is 83.1 cm³/mol. The Bertz CT molecular complexity index is 585. The van der Waals surface area contributed by atoms with Gasteiger partial charge in [0.25, 0.3) is 0 Å². The summed E-state index contributed by atoms with van der Waals surface area (Å²) in [6.07, 6.45) is 1.96. The molecule has 0 bridgehead atoms. The summed E-state index contributed by atoms with van der Waals surface area (Å²) < 4.78 is 1.99. The maximum absolute atomic E-state index is 4.70. The van der Waals surface area contributed by atoms with E-state index in [0.29, 0.717) is 5.92 Å². The van der Waals surface area contributed by atoms with E-state index in [1.807, 2.05) is 11.6 Å². The van der Waals surface area contributed by atoms with Crippen molar-refractivity contribution in [2.24, 2.45) is 5.92 Å². The molecule has 0 saturated heterocycles. The van der Waals surface area contributed by atoms with Crippen LogP contribution in [0.5, 0.6) is 0 Å². The Morgan fingerprint density at radius 3 is 2.55 bits per heavy atom. The SMILES string of the molecule is CCCc1nc(NCC(C)C)c2c(n1)c(C)nn2CC. The Labute approximate surface area is 120 Å². The number of hydrogen-bond acceptors (Lipinski definition) is 4. The third-order valence-corrected chi connectivity index (χ3v) is 3.25. The quantitative estimate of drug-likeness (QED) is 0.879. The monoisotopic (exact) mass is 275 g/mol. The Kier molecular flexibility index (Phi) is 4.57. The van der Waals surface area contributed by atoms with Crippen molar-refractivity contribution in [2.75, 3.05) is 11.9 Å². The van der Waals surface area contributed by atoms with Crippen LogP contribution >= 0.6 is 0 Å². The lowest BCUT2D eigenvalue weighted by Gasteiger charge is -2.12. The van der Waals surface area contributed by atoms with Crippen LogP contribution in [0.2, 0.25) is 0 Å². The lowest BCUT2D eigenvalue weighted by atomic mass is 10.2. The number of rotatable bonds is 6. The maximum atomic E-state index is 4.70. The lowest BCUT2D eigenvalue weighted by Crippen LogP contribution is -2.12. The number of fused-ring (bicyclic) bond motifs is 1. The van der Waals surface area contributed by atoms with Crippen LogP contribution in [0.25, 0.3) is 11.0 Å². The van der Waals surface area contributed by atoms with Crippen LogP contribution in [0.1, 0.15) is 45.6 Å². The van der Waals surface area contributed by atoms with Crippen molar-refractivity contribution >= 4 is 16.9 Å². The molecule has 2 aromatic heterocycles. The van der Waals surface area contributed by atoms with Gasteiger partial charge < -0.3 is 5.32 Å². The van der Waals surface area contributed by atoms with Crippen molar-refractivity contribution in [1.29, 1.82) is 0 Å². The summed E-state index contributed by atoms with van der Waals surface area (Å²) >= 11 is 0. The molecule has 0 spiro atoms.